The van der Waals surface area contributed by atoms with Crippen molar-refractivity contribution in [3.05, 3.63) is 52.8 Å². The van der Waals surface area contributed by atoms with E-state index in [4.69, 9.17) is 0 Å². The second-order valence-corrected chi connectivity index (χ2v) is 4.62. The van der Waals surface area contributed by atoms with Crippen molar-refractivity contribution >= 4 is 26.8 Å². The lowest BCUT2D eigenvalue weighted by atomic mass is 10.1. The van der Waals surface area contributed by atoms with Crippen LogP contribution in [0.2, 0.25) is 0 Å². The fourth-order valence-corrected chi connectivity index (χ4v) is 2.52. The molecular weight excluding hydrogens is 302 g/mol. The number of halogens is 3. The summed E-state index contributed by atoms with van der Waals surface area (Å²) < 4.78 is 28.1. The fourth-order valence-electron chi connectivity index (χ4n) is 1.91. The summed E-state index contributed by atoms with van der Waals surface area (Å²) in [5.41, 5.74) is 1.09. The Balaban J connectivity index is 2.36. The Morgan fingerprint density at radius 3 is 2.50 bits per heavy atom. The molecule has 0 aliphatic heterocycles. The SMILES string of the molecule is Fc1cccc(F)c1-c1[nH]c2ccncc2c1Br. The van der Waals surface area contributed by atoms with Gasteiger partial charge in [-0.15, -0.1) is 0 Å². The van der Waals surface area contributed by atoms with Gasteiger partial charge in [-0.3, -0.25) is 4.98 Å². The van der Waals surface area contributed by atoms with E-state index in [-0.39, 0.29) is 5.56 Å². The highest BCUT2D eigenvalue weighted by atomic mass is 79.9. The molecule has 90 valence electrons. The van der Waals surface area contributed by atoms with Crippen LogP contribution >= 0.6 is 15.9 Å². The predicted octanol–water partition coefficient (Wildman–Crippen LogP) is 4.27. The second-order valence-electron chi connectivity index (χ2n) is 3.83. The molecule has 3 rings (SSSR count). The number of benzene rings is 1. The molecule has 0 radical (unpaired) electrons. The highest BCUT2D eigenvalue weighted by molar-refractivity contribution is 9.10. The topological polar surface area (TPSA) is 28.7 Å². The van der Waals surface area contributed by atoms with Crippen LogP contribution in [0, 0.1) is 11.6 Å². The summed E-state index contributed by atoms with van der Waals surface area (Å²) in [5.74, 6) is -1.20. The average Bonchev–Trinajstić information content (AvgIpc) is 2.68. The minimum atomic E-state index is -0.602. The van der Waals surface area contributed by atoms with Gasteiger partial charge in [0.25, 0.3) is 0 Å². The van der Waals surface area contributed by atoms with Gasteiger partial charge in [-0.05, 0) is 34.1 Å². The lowest BCUT2D eigenvalue weighted by Crippen LogP contribution is -1.90. The third kappa shape index (κ3) is 1.62. The molecule has 0 spiro atoms. The highest BCUT2D eigenvalue weighted by Crippen LogP contribution is 2.36. The van der Waals surface area contributed by atoms with E-state index in [0.29, 0.717) is 10.2 Å². The zero-order valence-electron chi connectivity index (χ0n) is 9.05. The smallest absolute Gasteiger partial charge is 0.135 e. The van der Waals surface area contributed by atoms with E-state index in [1.807, 2.05) is 0 Å². The zero-order valence-corrected chi connectivity index (χ0v) is 10.6. The van der Waals surface area contributed by atoms with E-state index in [9.17, 15) is 8.78 Å². The summed E-state index contributed by atoms with van der Waals surface area (Å²) in [4.78, 5) is 6.98. The quantitative estimate of drug-likeness (QED) is 0.714. The van der Waals surface area contributed by atoms with Gasteiger partial charge < -0.3 is 4.98 Å². The molecule has 2 aromatic heterocycles. The van der Waals surface area contributed by atoms with Crippen molar-refractivity contribution in [2.45, 2.75) is 0 Å². The molecule has 1 N–H and O–H groups in total. The maximum absolute atomic E-state index is 13.7. The molecule has 2 heterocycles. The van der Waals surface area contributed by atoms with Gasteiger partial charge in [0.05, 0.1) is 21.2 Å². The molecule has 0 bridgehead atoms. The molecule has 5 heteroatoms. The molecule has 18 heavy (non-hydrogen) atoms. The summed E-state index contributed by atoms with van der Waals surface area (Å²) in [7, 11) is 0. The number of aromatic nitrogens is 2. The van der Waals surface area contributed by atoms with Crippen LogP contribution in [-0.4, -0.2) is 9.97 Å². The highest BCUT2D eigenvalue weighted by Gasteiger charge is 2.17. The number of aromatic amines is 1. The minimum Gasteiger partial charge on any atom is -0.353 e. The lowest BCUT2D eigenvalue weighted by Gasteiger charge is -2.03. The molecule has 0 atom stereocenters. The van der Waals surface area contributed by atoms with Crippen LogP contribution < -0.4 is 0 Å². The van der Waals surface area contributed by atoms with Crippen LogP contribution in [0.15, 0.2) is 41.1 Å². The molecule has 0 aliphatic rings. The number of nitrogens with one attached hydrogen (secondary N) is 1. The van der Waals surface area contributed by atoms with Crippen molar-refractivity contribution in [3.8, 4) is 11.3 Å². The van der Waals surface area contributed by atoms with Gasteiger partial charge in [-0.1, -0.05) is 6.07 Å². The Labute approximate surface area is 110 Å². The summed E-state index contributed by atoms with van der Waals surface area (Å²) in [6.07, 6.45) is 3.25. The van der Waals surface area contributed by atoms with E-state index in [0.717, 1.165) is 10.9 Å². The Hall–Kier alpha value is -1.75. The van der Waals surface area contributed by atoms with Crippen molar-refractivity contribution in [2.75, 3.05) is 0 Å². The minimum absolute atomic E-state index is 0.0689. The molecule has 0 unspecified atom stereocenters. The van der Waals surface area contributed by atoms with E-state index in [1.165, 1.54) is 18.2 Å². The van der Waals surface area contributed by atoms with Crippen LogP contribution in [0.5, 0.6) is 0 Å². The van der Waals surface area contributed by atoms with Crippen molar-refractivity contribution in [2.24, 2.45) is 0 Å². The first kappa shape index (κ1) is 11.3. The molecule has 3 aromatic rings. The fraction of sp³-hybridized carbons (Fsp3) is 0. The summed E-state index contributed by atoms with van der Waals surface area (Å²) in [6.45, 7) is 0. The van der Waals surface area contributed by atoms with Gasteiger partial charge >= 0.3 is 0 Å². The Morgan fingerprint density at radius 2 is 1.83 bits per heavy atom. The van der Waals surface area contributed by atoms with Gasteiger partial charge in [0.2, 0.25) is 0 Å². The first-order chi connectivity index (χ1) is 8.68. The molecule has 0 amide bonds. The molecule has 1 aromatic carbocycles. The van der Waals surface area contributed by atoms with Crippen LogP contribution in [0.25, 0.3) is 22.2 Å². The molecule has 0 fully saturated rings. The number of hydrogen-bond donors (Lipinski definition) is 1. The molecule has 0 saturated carbocycles. The van der Waals surface area contributed by atoms with E-state index in [2.05, 4.69) is 25.9 Å². The predicted molar refractivity (Wildman–Crippen MR) is 69.1 cm³/mol. The monoisotopic (exact) mass is 308 g/mol. The van der Waals surface area contributed by atoms with Crippen LogP contribution in [0.4, 0.5) is 8.78 Å². The van der Waals surface area contributed by atoms with E-state index < -0.39 is 11.6 Å². The van der Waals surface area contributed by atoms with Crippen LogP contribution in [0.3, 0.4) is 0 Å². The second kappa shape index (κ2) is 4.17. The first-order valence-corrected chi connectivity index (χ1v) is 6.03. The summed E-state index contributed by atoms with van der Waals surface area (Å²) in [6, 6.07) is 5.55. The first-order valence-electron chi connectivity index (χ1n) is 5.24. The largest absolute Gasteiger partial charge is 0.353 e. The third-order valence-electron chi connectivity index (χ3n) is 2.75. The molecule has 0 aliphatic carbocycles. The average molecular weight is 309 g/mol. The maximum Gasteiger partial charge on any atom is 0.135 e. The number of hydrogen-bond acceptors (Lipinski definition) is 1. The number of pyridine rings is 1. The van der Waals surface area contributed by atoms with Gasteiger partial charge in [0.15, 0.2) is 0 Å². The van der Waals surface area contributed by atoms with Crippen molar-refractivity contribution in [1.82, 2.24) is 9.97 Å². The summed E-state index contributed by atoms with van der Waals surface area (Å²) >= 11 is 3.35. The Kier molecular flexibility index (Phi) is 2.63. The van der Waals surface area contributed by atoms with Crippen molar-refractivity contribution in [1.29, 1.82) is 0 Å². The Morgan fingerprint density at radius 1 is 1.11 bits per heavy atom. The molecule has 0 saturated heterocycles. The van der Waals surface area contributed by atoms with E-state index in [1.54, 1.807) is 18.5 Å². The van der Waals surface area contributed by atoms with Gasteiger partial charge in [-0.25, -0.2) is 8.78 Å². The maximum atomic E-state index is 13.7. The van der Waals surface area contributed by atoms with Crippen LogP contribution in [0.1, 0.15) is 0 Å². The normalized spacial score (nSPS) is 11.1. The standard InChI is InChI=1S/C13H7BrF2N2/c14-12-7-6-17-5-4-10(7)18-13(12)11-8(15)2-1-3-9(11)16/h1-6,18H. The number of nitrogens with zero attached hydrogens (tertiary/aromatic N) is 1. The van der Waals surface area contributed by atoms with Crippen LogP contribution in [-0.2, 0) is 0 Å². The molecular formula is C13H7BrF2N2. The number of H-pyrrole nitrogens is 1. The van der Waals surface area contributed by atoms with Crippen molar-refractivity contribution in [3.63, 3.8) is 0 Å². The van der Waals surface area contributed by atoms with E-state index >= 15 is 0 Å². The van der Waals surface area contributed by atoms with Gasteiger partial charge in [0, 0.05) is 17.8 Å². The number of fused-ring (bicyclic) bond motifs is 1. The molecule has 2 nitrogen and oxygen atoms in total. The summed E-state index contributed by atoms with van der Waals surface area (Å²) in [5, 5.41) is 0.787. The lowest BCUT2D eigenvalue weighted by molar-refractivity contribution is 0.589. The van der Waals surface area contributed by atoms with Crippen molar-refractivity contribution < 1.29 is 8.78 Å². The zero-order chi connectivity index (χ0) is 12.7. The Bertz CT molecular complexity index is 717. The van der Waals surface area contributed by atoms with Gasteiger partial charge in [0.1, 0.15) is 11.6 Å². The van der Waals surface area contributed by atoms with Gasteiger partial charge in [-0.2, -0.15) is 0 Å². The number of rotatable bonds is 1. The third-order valence-corrected chi connectivity index (χ3v) is 3.57.